The van der Waals surface area contributed by atoms with E-state index in [1.165, 1.54) is 5.56 Å². The van der Waals surface area contributed by atoms with Crippen molar-refractivity contribution >= 4 is 22.6 Å². The predicted octanol–water partition coefficient (Wildman–Crippen LogP) is 4.62. The number of aryl methyl sites for hydroxylation is 1. The molecule has 0 unspecified atom stereocenters. The van der Waals surface area contributed by atoms with E-state index in [1.807, 2.05) is 37.3 Å². The van der Waals surface area contributed by atoms with Gasteiger partial charge in [-0.3, -0.25) is 4.79 Å². The first-order valence-electron chi connectivity index (χ1n) is 8.79. The van der Waals surface area contributed by atoms with Gasteiger partial charge in [0, 0.05) is 35.2 Å². The number of benzene rings is 2. The van der Waals surface area contributed by atoms with Gasteiger partial charge in [-0.2, -0.15) is 0 Å². The first-order valence-corrected chi connectivity index (χ1v) is 8.79. The first kappa shape index (κ1) is 17.1. The third-order valence-corrected chi connectivity index (χ3v) is 4.24. The highest BCUT2D eigenvalue weighted by Gasteiger charge is 2.11. The molecule has 3 aromatic rings. The molecule has 2 aromatic carbocycles. The summed E-state index contributed by atoms with van der Waals surface area (Å²) < 4.78 is 7.56. The fourth-order valence-electron chi connectivity index (χ4n) is 3.06. The van der Waals surface area contributed by atoms with Gasteiger partial charge >= 0.3 is 5.97 Å². The van der Waals surface area contributed by atoms with Gasteiger partial charge in [0.05, 0.1) is 6.61 Å². The van der Waals surface area contributed by atoms with Crippen LogP contribution in [0.2, 0.25) is 0 Å². The van der Waals surface area contributed by atoms with Crippen LogP contribution in [0, 0.1) is 0 Å². The Morgan fingerprint density at radius 1 is 1.12 bits per heavy atom. The second-order valence-electron chi connectivity index (χ2n) is 6.19. The molecule has 0 saturated heterocycles. The molecule has 0 radical (unpaired) electrons. The van der Waals surface area contributed by atoms with Crippen LogP contribution in [0.4, 0.5) is 5.69 Å². The lowest BCUT2D eigenvalue weighted by Crippen LogP contribution is -2.08. The van der Waals surface area contributed by atoms with Crippen molar-refractivity contribution in [1.29, 1.82) is 0 Å². The van der Waals surface area contributed by atoms with Crippen LogP contribution in [0.25, 0.3) is 22.2 Å². The van der Waals surface area contributed by atoms with Gasteiger partial charge in [-0.1, -0.05) is 37.3 Å². The van der Waals surface area contributed by atoms with Crippen LogP contribution >= 0.6 is 0 Å². The maximum Gasteiger partial charge on any atom is 0.305 e. The Labute approximate surface area is 148 Å². The number of nitrogens with zero attached hydrogens (tertiary/aromatic N) is 1. The van der Waals surface area contributed by atoms with E-state index < -0.39 is 0 Å². The van der Waals surface area contributed by atoms with E-state index in [2.05, 4.69) is 28.8 Å². The molecule has 2 N–H and O–H groups in total. The van der Waals surface area contributed by atoms with E-state index in [0.717, 1.165) is 41.7 Å². The van der Waals surface area contributed by atoms with Crippen molar-refractivity contribution in [1.82, 2.24) is 4.57 Å². The maximum atomic E-state index is 11.5. The summed E-state index contributed by atoms with van der Waals surface area (Å²) in [6.07, 6.45) is 2.09. The fraction of sp³-hybridized carbons (Fsp3) is 0.286. The van der Waals surface area contributed by atoms with Crippen LogP contribution in [0.3, 0.4) is 0 Å². The zero-order chi connectivity index (χ0) is 17.6. The van der Waals surface area contributed by atoms with Gasteiger partial charge < -0.3 is 15.0 Å². The van der Waals surface area contributed by atoms with Gasteiger partial charge in [-0.05, 0) is 42.7 Å². The molecule has 130 valence electrons. The minimum Gasteiger partial charge on any atom is -0.466 e. The SMILES string of the molecule is CCCC(=O)OCCCn1c(-c2ccccc2)cc2cc(N)ccc21. The van der Waals surface area contributed by atoms with Crippen molar-refractivity contribution in [2.45, 2.75) is 32.7 Å². The molecule has 0 atom stereocenters. The van der Waals surface area contributed by atoms with Crippen molar-refractivity contribution in [2.75, 3.05) is 12.3 Å². The number of rotatable bonds is 7. The summed E-state index contributed by atoms with van der Waals surface area (Å²) in [7, 11) is 0. The number of anilines is 1. The first-order chi connectivity index (χ1) is 12.2. The van der Waals surface area contributed by atoms with Crippen LogP contribution < -0.4 is 5.73 Å². The number of fused-ring (bicyclic) bond motifs is 1. The molecule has 3 rings (SSSR count). The van der Waals surface area contributed by atoms with E-state index in [9.17, 15) is 4.79 Å². The molecule has 0 spiro atoms. The highest BCUT2D eigenvalue weighted by molar-refractivity contribution is 5.89. The number of ether oxygens (including phenoxy) is 1. The number of nitrogen functional groups attached to an aromatic ring is 1. The maximum absolute atomic E-state index is 11.5. The molecule has 25 heavy (non-hydrogen) atoms. The highest BCUT2D eigenvalue weighted by Crippen LogP contribution is 2.29. The van der Waals surface area contributed by atoms with Crippen LogP contribution in [0.1, 0.15) is 26.2 Å². The van der Waals surface area contributed by atoms with E-state index in [1.54, 1.807) is 0 Å². The van der Waals surface area contributed by atoms with Crippen molar-refractivity contribution in [3.63, 3.8) is 0 Å². The summed E-state index contributed by atoms with van der Waals surface area (Å²) >= 11 is 0. The Kier molecular flexibility index (Phi) is 5.39. The largest absolute Gasteiger partial charge is 0.466 e. The zero-order valence-corrected chi connectivity index (χ0v) is 14.6. The summed E-state index contributed by atoms with van der Waals surface area (Å²) in [5.74, 6) is -0.115. The number of carbonyl (C=O) groups excluding carboxylic acids is 1. The Morgan fingerprint density at radius 3 is 2.68 bits per heavy atom. The second-order valence-corrected chi connectivity index (χ2v) is 6.19. The van der Waals surface area contributed by atoms with E-state index in [-0.39, 0.29) is 5.97 Å². The smallest absolute Gasteiger partial charge is 0.305 e. The molecule has 0 aliphatic rings. The van der Waals surface area contributed by atoms with Crippen LogP contribution in [0.5, 0.6) is 0 Å². The van der Waals surface area contributed by atoms with Gasteiger partial charge in [-0.25, -0.2) is 0 Å². The molecular weight excluding hydrogens is 312 g/mol. The molecule has 4 heteroatoms. The number of hydrogen-bond donors (Lipinski definition) is 1. The highest BCUT2D eigenvalue weighted by atomic mass is 16.5. The van der Waals surface area contributed by atoms with Crippen LogP contribution in [-0.4, -0.2) is 17.1 Å². The average molecular weight is 336 g/mol. The normalized spacial score (nSPS) is 10.9. The molecule has 1 aromatic heterocycles. The fourth-order valence-corrected chi connectivity index (χ4v) is 3.06. The van der Waals surface area contributed by atoms with Gasteiger partial charge in [0.1, 0.15) is 0 Å². The van der Waals surface area contributed by atoms with Gasteiger partial charge in [0.15, 0.2) is 0 Å². The van der Waals surface area contributed by atoms with Crippen molar-refractivity contribution < 1.29 is 9.53 Å². The van der Waals surface area contributed by atoms with Gasteiger partial charge in [0.25, 0.3) is 0 Å². The lowest BCUT2D eigenvalue weighted by molar-refractivity contribution is -0.143. The summed E-state index contributed by atoms with van der Waals surface area (Å²) in [5, 5.41) is 1.13. The second kappa shape index (κ2) is 7.88. The summed E-state index contributed by atoms with van der Waals surface area (Å²) in [6.45, 7) is 3.21. The van der Waals surface area contributed by atoms with Crippen LogP contribution in [0.15, 0.2) is 54.6 Å². The topological polar surface area (TPSA) is 57.2 Å². The number of aromatic nitrogens is 1. The van der Waals surface area contributed by atoms with Crippen LogP contribution in [-0.2, 0) is 16.1 Å². The molecule has 0 saturated carbocycles. The summed E-state index contributed by atoms with van der Waals surface area (Å²) in [4.78, 5) is 11.5. The Morgan fingerprint density at radius 2 is 1.92 bits per heavy atom. The quantitative estimate of drug-likeness (QED) is 0.389. The van der Waals surface area contributed by atoms with Gasteiger partial charge in [-0.15, -0.1) is 0 Å². The Bertz CT molecular complexity index is 853. The molecule has 0 aliphatic carbocycles. The molecule has 4 nitrogen and oxygen atoms in total. The lowest BCUT2D eigenvalue weighted by Gasteiger charge is -2.11. The molecule has 0 amide bonds. The molecule has 1 heterocycles. The number of esters is 1. The zero-order valence-electron chi connectivity index (χ0n) is 14.6. The number of hydrogen-bond acceptors (Lipinski definition) is 3. The Hall–Kier alpha value is -2.75. The monoisotopic (exact) mass is 336 g/mol. The Balaban J connectivity index is 1.83. The minimum absolute atomic E-state index is 0.115. The van der Waals surface area contributed by atoms with Crippen molar-refractivity contribution in [3.8, 4) is 11.3 Å². The van der Waals surface area contributed by atoms with E-state index >= 15 is 0 Å². The average Bonchev–Trinajstić information content (AvgIpc) is 2.97. The number of nitrogens with two attached hydrogens (primary N) is 1. The third-order valence-electron chi connectivity index (χ3n) is 4.24. The lowest BCUT2D eigenvalue weighted by atomic mass is 10.1. The standard InChI is InChI=1S/C21H24N2O2/c1-2-7-21(24)25-13-6-12-23-19-11-10-18(22)14-17(19)15-20(23)16-8-4-3-5-9-16/h3-5,8-11,14-15H,2,6-7,12-13,22H2,1H3. The molecule has 0 bridgehead atoms. The van der Waals surface area contributed by atoms with Gasteiger partial charge in [0.2, 0.25) is 0 Å². The predicted molar refractivity (Wildman–Crippen MR) is 102 cm³/mol. The van der Waals surface area contributed by atoms with Crippen molar-refractivity contribution in [2.24, 2.45) is 0 Å². The molecule has 0 aliphatic heterocycles. The minimum atomic E-state index is -0.115. The summed E-state index contributed by atoms with van der Waals surface area (Å²) in [6, 6.07) is 18.5. The van der Waals surface area contributed by atoms with Crippen molar-refractivity contribution in [3.05, 3.63) is 54.6 Å². The van der Waals surface area contributed by atoms with E-state index in [0.29, 0.717) is 13.0 Å². The molecular formula is C21H24N2O2. The number of carbonyl (C=O) groups is 1. The molecule has 0 fully saturated rings. The van der Waals surface area contributed by atoms with E-state index in [4.69, 9.17) is 10.5 Å². The summed E-state index contributed by atoms with van der Waals surface area (Å²) in [5.41, 5.74) is 10.2. The third kappa shape index (κ3) is 4.02.